The molecule has 1 amide bonds. The van der Waals surface area contributed by atoms with Gasteiger partial charge in [0.2, 0.25) is 0 Å². The van der Waals surface area contributed by atoms with Crippen molar-refractivity contribution in [1.82, 2.24) is 4.90 Å². The summed E-state index contributed by atoms with van der Waals surface area (Å²) in [6.45, 7) is 0. The maximum absolute atomic E-state index is 13.3. The molecule has 2 heterocycles. The van der Waals surface area contributed by atoms with Gasteiger partial charge in [-0.05, 0) is 73.2 Å². The van der Waals surface area contributed by atoms with E-state index in [0.29, 0.717) is 28.3 Å². The Morgan fingerprint density at radius 1 is 0.812 bits per heavy atom. The molecule has 0 spiro atoms. The van der Waals surface area contributed by atoms with Gasteiger partial charge in [0.15, 0.2) is 9.84 Å². The van der Waals surface area contributed by atoms with E-state index in [-0.39, 0.29) is 18.0 Å². The summed E-state index contributed by atoms with van der Waals surface area (Å²) in [7, 11) is -3.39. The van der Waals surface area contributed by atoms with Gasteiger partial charge in [0.1, 0.15) is 0 Å². The molecule has 2 unspecified atom stereocenters. The van der Waals surface area contributed by atoms with Crippen LogP contribution in [0.4, 0.5) is 0 Å². The van der Waals surface area contributed by atoms with Gasteiger partial charge in [-0.3, -0.25) is 4.79 Å². The zero-order valence-corrected chi connectivity index (χ0v) is 19.1. The summed E-state index contributed by atoms with van der Waals surface area (Å²) in [5.41, 5.74) is 2.64. The van der Waals surface area contributed by atoms with Crippen molar-refractivity contribution in [2.24, 2.45) is 0 Å². The number of benzene rings is 3. The van der Waals surface area contributed by atoms with Gasteiger partial charge in [-0.15, -0.1) is 0 Å². The Morgan fingerprint density at radius 2 is 1.47 bits per heavy atom. The van der Waals surface area contributed by atoms with Crippen LogP contribution in [-0.2, 0) is 9.84 Å². The molecule has 0 N–H and O–H groups in total. The van der Waals surface area contributed by atoms with E-state index in [9.17, 15) is 13.2 Å². The molecule has 3 aromatic rings. The van der Waals surface area contributed by atoms with Gasteiger partial charge in [0.05, 0.1) is 10.1 Å². The van der Waals surface area contributed by atoms with Crippen LogP contribution in [0.3, 0.4) is 0 Å². The summed E-state index contributed by atoms with van der Waals surface area (Å²) < 4.78 is 26.3. The number of nitrogens with zero attached hydrogens (tertiary/aromatic N) is 1. The van der Waals surface area contributed by atoms with Crippen LogP contribution in [0.25, 0.3) is 11.1 Å². The van der Waals surface area contributed by atoms with Crippen LogP contribution < -0.4 is 0 Å². The van der Waals surface area contributed by atoms with E-state index < -0.39 is 15.1 Å². The maximum atomic E-state index is 13.3. The van der Waals surface area contributed by atoms with E-state index in [1.165, 1.54) is 0 Å². The fourth-order valence-electron chi connectivity index (χ4n) is 5.14. The molecule has 32 heavy (non-hydrogen) atoms. The van der Waals surface area contributed by atoms with Gasteiger partial charge in [0.25, 0.3) is 5.91 Å². The van der Waals surface area contributed by atoms with Crippen molar-refractivity contribution in [1.29, 1.82) is 0 Å². The second-order valence-corrected chi connectivity index (χ2v) is 11.3. The van der Waals surface area contributed by atoms with E-state index >= 15 is 0 Å². The molecule has 2 saturated heterocycles. The Balaban J connectivity index is 1.34. The van der Waals surface area contributed by atoms with Gasteiger partial charge >= 0.3 is 0 Å². The van der Waals surface area contributed by atoms with Crippen molar-refractivity contribution >= 4 is 27.3 Å². The van der Waals surface area contributed by atoms with Gasteiger partial charge < -0.3 is 4.90 Å². The number of hydrogen-bond donors (Lipinski definition) is 0. The van der Waals surface area contributed by atoms with Gasteiger partial charge in [-0.25, -0.2) is 8.42 Å². The summed E-state index contributed by atoms with van der Waals surface area (Å²) >= 11 is 6.10. The van der Waals surface area contributed by atoms with E-state index in [4.69, 9.17) is 11.6 Å². The Morgan fingerprint density at radius 3 is 2.09 bits per heavy atom. The van der Waals surface area contributed by atoms with Crippen molar-refractivity contribution in [3.05, 3.63) is 89.4 Å². The molecule has 3 aromatic carbocycles. The molecule has 0 saturated carbocycles. The molecular formula is C26H24ClNO3S. The molecule has 2 aliphatic rings. The zero-order valence-electron chi connectivity index (χ0n) is 17.5. The average molecular weight is 466 g/mol. The second kappa shape index (κ2) is 8.38. The number of piperidine rings is 1. The highest BCUT2D eigenvalue weighted by Gasteiger charge is 2.47. The van der Waals surface area contributed by atoms with E-state index in [2.05, 4.69) is 0 Å². The summed E-state index contributed by atoms with van der Waals surface area (Å²) in [4.78, 5) is 15.7. The average Bonchev–Trinajstić information content (AvgIpc) is 3.08. The van der Waals surface area contributed by atoms with Crippen LogP contribution in [0.2, 0.25) is 5.02 Å². The van der Waals surface area contributed by atoms with Crippen molar-refractivity contribution in [3.8, 4) is 11.1 Å². The Labute approximate surface area is 193 Å². The molecule has 6 heteroatoms. The molecule has 2 atom stereocenters. The highest BCUT2D eigenvalue weighted by molar-refractivity contribution is 7.92. The first kappa shape index (κ1) is 21.2. The third-order valence-electron chi connectivity index (χ3n) is 6.72. The van der Waals surface area contributed by atoms with Crippen LogP contribution in [0.1, 0.15) is 36.0 Å². The number of halogens is 1. The van der Waals surface area contributed by atoms with Crippen LogP contribution >= 0.6 is 11.6 Å². The maximum Gasteiger partial charge on any atom is 0.254 e. The van der Waals surface area contributed by atoms with E-state index in [1.807, 2.05) is 59.5 Å². The summed E-state index contributed by atoms with van der Waals surface area (Å²) in [5, 5.41) is 0.240. The molecule has 164 valence electrons. The smallest absolute Gasteiger partial charge is 0.254 e. The molecule has 0 aliphatic carbocycles. The van der Waals surface area contributed by atoms with Crippen LogP contribution in [0.15, 0.2) is 83.8 Å². The number of fused-ring (bicyclic) bond motifs is 2. The first-order valence-electron chi connectivity index (χ1n) is 10.9. The molecule has 2 aliphatic heterocycles. The Bertz CT molecular complexity index is 1230. The third kappa shape index (κ3) is 3.84. The largest absolute Gasteiger partial charge is 0.333 e. The summed E-state index contributed by atoms with van der Waals surface area (Å²) in [6.07, 6.45) is 2.72. The molecule has 2 fully saturated rings. The highest BCUT2D eigenvalue weighted by atomic mass is 35.5. The minimum absolute atomic E-state index is 0.00861. The highest BCUT2D eigenvalue weighted by Crippen LogP contribution is 2.40. The van der Waals surface area contributed by atoms with E-state index in [0.717, 1.165) is 24.0 Å². The monoisotopic (exact) mass is 465 g/mol. The van der Waals surface area contributed by atoms with Crippen LogP contribution in [-0.4, -0.2) is 36.6 Å². The second-order valence-electron chi connectivity index (χ2n) is 8.64. The quantitative estimate of drug-likeness (QED) is 0.502. The molecular weight excluding hydrogens is 442 g/mol. The first-order chi connectivity index (χ1) is 15.4. The van der Waals surface area contributed by atoms with Gasteiger partial charge in [0, 0.05) is 22.7 Å². The Hall–Kier alpha value is -2.63. The fraction of sp³-hybridized carbons (Fsp3) is 0.269. The van der Waals surface area contributed by atoms with Crippen molar-refractivity contribution in [3.63, 3.8) is 0 Å². The zero-order chi connectivity index (χ0) is 22.3. The summed E-state index contributed by atoms with van der Waals surface area (Å²) in [5.74, 6) is -0.00861. The minimum Gasteiger partial charge on any atom is -0.333 e. The lowest BCUT2D eigenvalue weighted by Crippen LogP contribution is -2.49. The molecule has 2 bridgehead atoms. The number of amides is 1. The lowest BCUT2D eigenvalue weighted by Gasteiger charge is -2.38. The van der Waals surface area contributed by atoms with Crippen LogP contribution in [0.5, 0.6) is 0 Å². The predicted octanol–water partition coefficient (Wildman–Crippen LogP) is 5.62. The van der Waals surface area contributed by atoms with Crippen molar-refractivity contribution < 1.29 is 13.2 Å². The Kier molecular flexibility index (Phi) is 5.56. The van der Waals surface area contributed by atoms with Crippen molar-refractivity contribution in [2.75, 3.05) is 0 Å². The molecule has 5 rings (SSSR count). The topological polar surface area (TPSA) is 54.5 Å². The predicted molar refractivity (Wildman–Crippen MR) is 127 cm³/mol. The number of hydrogen-bond acceptors (Lipinski definition) is 3. The lowest BCUT2D eigenvalue weighted by molar-refractivity contribution is 0.0598. The number of carbonyl (C=O) groups is 1. The molecule has 4 nitrogen and oxygen atoms in total. The normalized spacial score (nSPS) is 22.7. The summed E-state index contributed by atoms with van der Waals surface area (Å²) in [6, 6.07) is 23.8. The standard InChI is InChI=1S/C26H24ClNO3S/c27-21-6-4-5-20(15-21)18-9-11-19(12-10-18)26(29)28-22-13-14-23(28)17-25(16-22)32(30,31)24-7-2-1-3-8-24/h1-12,15,22-23,25H,13-14,16-17H2. The van der Waals surface area contributed by atoms with Crippen LogP contribution in [0, 0.1) is 0 Å². The molecule has 0 radical (unpaired) electrons. The van der Waals surface area contributed by atoms with Gasteiger partial charge in [-0.2, -0.15) is 0 Å². The fourth-order valence-corrected chi connectivity index (χ4v) is 7.20. The first-order valence-corrected chi connectivity index (χ1v) is 12.8. The SMILES string of the molecule is O=C(c1ccc(-c2cccc(Cl)c2)cc1)N1C2CCC1CC(S(=O)(=O)c1ccccc1)C2. The number of rotatable bonds is 4. The van der Waals surface area contributed by atoms with E-state index in [1.54, 1.807) is 24.3 Å². The van der Waals surface area contributed by atoms with Gasteiger partial charge in [-0.1, -0.05) is 54.1 Å². The lowest BCUT2D eigenvalue weighted by atomic mass is 9.99. The van der Waals surface area contributed by atoms with Crippen molar-refractivity contribution in [2.45, 2.75) is 47.9 Å². The number of sulfone groups is 1. The third-order valence-corrected chi connectivity index (χ3v) is 9.15. The number of carbonyl (C=O) groups excluding carboxylic acids is 1. The molecule has 0 aromatic heterocycles. The minimum atomic E-state index is -3.39.